The monoisotopic (exact) mass is 527 g/mol. The van der Waals surface area contributed by atoms with Gasteiger partial charge in [-0.2, -0.15) is 0 Å². The van der Waals surface area contributed by atoms with Crippen LogP contribution in [0.4, 0.5) is 10.1 Å². The molecule has 37 heavy (non-hydrogen) atoms. The van der Waals surface area contributed by atoms with Crippen LogP contribution in [-0.2, 0) is 12.2 Å². The highest BCUT2D eigenvalue weighted by molar-refractivity contribution is 6.33. The molecule has 0 bridgehead atoms. The van der Waals surface area contributed by atoms with E-state index in [2.05, 4.69) is 28.6 Å². The topological polar surface area (TPSA) is 69.1 Å². The van der Waals surface area contributed by atoms with Gasteiger partial charge in [0.1, 0.15) is 17.2 Å². The third-order valence-corrected chi connectivity index (χ3v) is 7.13. The quantitative estimate of drug-likeness (QED) is 0.393. The van der Waals surface area contributed by atoms with Crippen molar-refractivity contribution in [3.8, 4) is 5.75 Å². The average molecular weight is 528 g/mol. The lowest BCUT2D eigenvalue weighted by Crippen LogP contribution is -2.56. The predicted octanol–water partition coefficient (Wildman–Crippen LogP) is 5.31. The molecule has 198 valence electrons. The van der Waals surface area contributed by atoms with Gasteiger partial charge in [0.25, 0.3) is 0 Å². The Kier molecular flexibility index (Phi) is 8.70. The molecular weight excluding hydrogens is 493 g/mol. The van der Waals surface area contributed by atoms with E-state index in [0.717, 1.165) is 23.4 Å². The second-order valence-electron chi connectivity index (χ2n) is 9.95. The van der Waals surface area contributed by atoms with E-state index in [-0.39, 0.29) is 24.5 Å². The number of hydrogen-bond acceptors (Lipinski definition) is 6. The molecular formula is C29H35ClFN3O3. The van der Waals surface area contributed by atoms with Crippen molar-refractivity contribution < 1.29 is 19.3 Å². The number of ether oxygens (including phenoxy) is 1. The maximum atomic E-state index is 13.8. The normalized spacial score (nSPS) is 20.0. The van der Waals surface area contributed by atoms with E-state index in [1.807, 2.05) is 30.3 Å². The number of anilines is 1. The molecule has 2 heterocycles. The van der Waals surface area contributed by atoms with Gasteiger partial charge >= 0.3 is 0 Å². The molecule has 0 amide bonds. The van der Waals surface area contributed by atoms with Gasteiger partial charge in [-0.25, -0.2) is 4.39 Å². The molecule has 4 rings (SSSR count). The summed E-state index contributed by atoms with van der Waals surface area (Å²) in [6.45, 7) is 8.14. The number of rotatable bonds is 9. The fourth-order valence-electron chi connectivity index (χ4n) is 5.03. The zero-order valence-electron chi connectivity index (χ0n) is 21.6. The number of hydrogen-bond donors (Lipinski definition) is 2. The molecule has 6 nitrogen and oxygen atoms in total. The molecule has 1 aliphatic rings. The van der Waals surface area contributed by atoms with Gasteiger partial charge in [-0.05, 0) is 56.2 Å². The predicted molar refractivity (Wildman–Crippen MR) is 144 cm³/mol. The molecule has 3 aromatic rings. The highest BCUT2D eigenvalue weighted by atomic mass is 35.5. The Balaban J connectivity index is 1.62. The van der Waals surface area contributed by atoms with Crippen molar-refractivity contribution in [3.63, 3.8) is 0 Å². The van der Waals surface area contributed by atoms with Crippen LogP contribution in [0.2, 0.25) is 5.02 Å². The fraction of sp³-hybridized carbons (Fsp3) is 0.414. The van der Waals surface area contributed by atoms with E-state index in [1.54, 1.807) is 25.3 Å². The SMILES string of the molecule is CCCOc1ccc(N2[C@H](C)CN(C[C@@](C)(O)c3ccc(CO)nc3)C[C@H]2c2ccc(F)cc2)c(Cl)c1. The first kappa shape index (κ1) is 27.3. The van der Waals surface area contributed by atoms with E-state index in [0.29, 0.717) is 42.5 Å². The number of pyridine rings is 1. The number of aliphatic hydroxyl groups is 2. The van der Waals surface area contributed by atoms with Crippen molar-refractivity contribution in [1.82, 2.24) is 9.88 Å². The number of β-amino-alcohol motifs (C(OH)–C–C–N with tert-alkyl or cyclic N) is 1. The van der Waals surface area contributed by atoms with E-state index in [1.165, 1.54) is 12.1 Å². The van der Waals surface area contributed by atoms with Crippen LogP contribution < -0.4 is 9.64 Å². The van der Waals surface area contributed by atoms with Crippen molar-refractivity contribution in [2.24, 2.45) is 0 Å². The van der Waals surface area contributed by atoms with E-state index < -0.39 is 5.60 Å². The van der Waals surface area contributed by atoms with Gasteiger partial charge in [0.05, 0.1) is 35.7 Å². The molecule has 2 aromatic carbocycles. The van der Waals surface area contributed by atoms with Gasteiger partial charge in [-0.1, -0.05) is 36.7 Å². The molecule has 0 radical (unpaired) electrons. The summed E-state index contributed by atoms with van der Waals surface area (Å²) >= 11 is 6.77. The van der Waals surface area contributed by atoms with Crippen LogP contribution in [0.5, 0.6) is 5.75 Å². The third kappa shape index (κ3) is 6.41. The summed E-state index contributed by atoms with van der Waals surface area (Å²) in [5.74, 6) is 0.449. The van der Waals surface area contributed by atoms with Crippen LogP contribution in [0, 0.1) is 5.82 Å². The molecule has 1 aromatic heterocycles. The standard InChI is InChI=1S/C29H35ClFN3O3/c1-4-13-37-25-11-12-27(26(30)14-25)34-20(2)16-33(17-28(34)21-5-8-23(31)9-6-21)19-29(3,36)22-7-10-24(18-35)32-15-22/h5-12,14-15,20,28,35-36H,4,13,16-19H2,1-3H3/t20-,28+,29-/m1/s1. The Bertz CT molecular complexity index is 1170. The van der Waals surface area contributed by atoms with Crippen LogP contribution in [0.25, 0.3) is 0 Å². The molecule has 0 aliphatic carbocycles. The van der Waals surface area contributed by atoms with E-state index in [4.69, 9.17) is 16.3 Å². The summed E-state index contributed by atoms with van der Waals surface area (Å²) < 4.78 is 19.5. The van der Waals surface area contributed by atoms with E-state index >= 15 is 0 Å². The lowest BCUT2D eigenvalue weighted by atomic mass is 9.93. The highest BCUT2D eigenvalue weighted by Crippen LogP contribution is 2.40. The summed E-state index contributed by atoms with van der Waals surface area (Å²) in [4.78, 5) is 8.74. The maximum Gasteiger partial charge on any atom is 0.123 e. The van der Waals surface area contributed by atoms with Gasteiger partial charge in [0.2, 0.25) is 0 Å². The van der Waals surface area contributed by atoms with Crippen LogP contribution in [0.1, 0.15) is 50.1 Å². The van der Waals surface area contributed by atoms with Crippen LogP contribution >= 0.6 is 11.6 Å². The minimum absolute atomic E-state index is 0.0504. The third-order valence-electron chi connectivity index (χ3n) is 6.83. The summed E-state index contributed by atoms with van der Waals surface area (Å²) in [6, 6.07) is 15.8. The molecule has 1 fully saturated rings. The largest absolute Gasteiger partial charge is 0.494 e. The minimum Gasteiger partial charge on any atom is -0.494 e. The lowest BCUT2D eigenvalue weighted by Gasteiger charge is -2.49. The van der Waals surface area contributed by atoms with Gasteiger partial charge in [-0.15, -0.1) is 0 Å². The lowest BCUT2D eigenvalue weighted by molar-refractivity contribution is 0.00606. The summed E-state index contributed by atoms with van der Waals surface area (Å²) in [7, 11) is 0. The van der Waals surface area contributed by atoms with Crippen LogP contribution in [-0.4, -0.2) is 52.4 Å². The van der Waals surface area contributed by atoms with Crippen LogP contribution in [0.3, 0.4) is 0 Å². The fourth-order valence-corrected chi connectivity index (χ4v) is 5.30. The smallest absolute Gasteiger partial charge is 0.123 e. The van der Waals surface area contributed by atoms with Gasteiger partial charge < -0.3 is 19.8 Å². The van der Waals surface area contributed by atoms with Crippen molar-refractivity contribution in [3.05, 3.63) is 88.5 Å². The van der Waals surface area contributed by atoms with Crippen LogP contribution in [0.15, 0.2) is 60.8 Å². The van der Waals surface area contributed by atoms with Crippen molar-refractivity contribution in [1.29, 1.82) is 0 Å². The Morgan fingerprint density at radius 3 is 2.51 bits per heavy atom. The Labute approximate surface area is 223 Å². The Morgan fingerprint density at radius 2 is 1.89 bits per heavy atom. The zero-order valence-corrected chi connectivity index (χ0v) is 22.3. The number of aromatic nitrogens is 1. The van der Waals surface area contributed by atoms with E-state index in [9.17, 15) is 14.6 Å². The highest BCUT2D eigenvalue weighted by Gasteiger charge is 2.37. The molecule has 0 spiro atoms. The summed E-state index contributed by atoms with van der Waals surface area (Å²) in [5.41, 5.74) is 1.95. The first-order valence-corrected chi connectivity index (χ1v) is 13.1. The van der Waals surface area contributed by atoms with Crippen molar-refractivity contribution in [2.45, 2.75) is 51.5 Å². The minimum atomic E-state index is -1.15. The summed E-state index contributed by atoms with van der Waals surface area (Å²) in [6.07, 6.45) is 2.53. The number of aliphatic hydroxyl groups excluding tert-OH is 1. The van der Waals surface area contributed by atoms with Crippen molar-refractivity contribution in [2.75, 3.05) is 31.1 Å². The van der Waals surface area contributed by atoms with Gasteiger partial charge in [0.15, 0.2) is 0 Å². The number of halogens is 2. The molecule has 0 saturated carbocycles. The Hall–Kier alpha value is -2.71. The number of benzene rings is 2. The van der Waals surface area contributed by atoms with Gasteiger partial charge in [-0.3, -0.25) is 9.88 Å². The molecule has 1 aliphatic heterocycles. The number of nitrogens with zero attached hydrogens (tertiary/aromatic N) is 3. The first-order chi connectivity index (χ1) is 17.7. The number of piperazine rings is 1. The molecule has 2 N–H and O–H groups in total. The Morgan fingerprint density at radius 1 is 1.14 bits per heavy atom. The molecule has 8 heteroatoms. The second-order valence-corrected chi connectivity index (χ2v) is 10.4. The molecule has 1 saturated heterocycles. The second kappa shape index (κ2) is 11.8. The molecule has 0 unspecified atom stereocenters. The maximum absolute atomic E-state index is 13.8. The summed E-state index contributed by atoms with van der Waals surface area (Å²) in [5, 5.41) is 21.3. The van der Waals surface area contributed by atoms with Gasteiger partial charge in [0, 0.05) is 43.5 Å². The average Bonchev–Trinajstić information content (AvgIpc) is 2.88. The first-order valence-electron chi connectivity index (χ1n) is 12.7. The van der Waals surface area contributed by atoms with Crippen molar-refractivity contribution >= 4 is 17.3 Å². The zero-order chi connectivity index (χ0) is 26.6. The molecule has 3 atom stereocenters.